The monoisotopic (exact) mass is 217 g/mol. The fourth-order valence-electron chi connectivity index (χ4n) is 2.21. The first-order chi connectivity index (χ1) is 6.60. The Morgan fingerprint density at radius 3 is 2.50 bits per heavy atom. The van der Waals surface area contributed by atoms with E-state index in [4.69, 9.17) is 11.6 Å². The standard InChI is InChI=1S/C11H20ClNO/c1-3-11(6-4-5-7-11)10(14)13-8-9(2)12/h9H,3-8H2,1-2H3,(H,13,14). The minimum atomic E-state index is -0.0776. The van der Waals surface area contributed by atoms with E-state index in [2.05, 4.69) is 12.2 Å². The molecule has 1 unspecified atom stereocenters. The highest BCUT2D eigenvalue weighted by molar-refractivity contribution is 6.20. The van der Waals surface area contributed by atoms with Crippen LogP contribution >= 0.6 is 11.6 Å². The topological polar surface area (TPSA) is 29.1 Å². The molecular weight excluding hydrogens is 198 g/mol. The molecule has 14 heavy (non-hydrogen) atoms. The summed E-state index contributed by atoms with van der Waals surface area (Å²) in [6, 6.07) is 0. The maximum atomic E-state index is 11.9. The molecule has 2 nitrogen and oxygen atoms in total. The molecule has 0 radical (unpaired) electrons. The lowest BCUT2D eigenvalue weighted by atomic mass is 9.82. The first-order valence-electron chi connectivity index (χ1n) is 5.53. The van der Waals surface area contributed by atoms with Gasteiger partial charge in [-0.3, -0.25) is 4.79 Å². The summed E-state index contributed by atoms with van der Waals surface area (Å²) in [5.41, 5.74) is -0.0776. The minimum absolute atomic E-state index is 0.0225. The van der Waals surface area contributed by atoms with E-state index in [1.807, 2.05) is 6.92 Å². The summed E-state index contributed by atoms with van der Waals surface area (Å²) in [5, 5.41) is 2.97. The molecule has 1 rings (SSSR count). The molecule has 0 saturated heterocycles. The number of amides is 1. The molecule has 0 aliphatic heterocycles. The molecule has 1 amide bonds. The van der Waals surface area contributed by atoms with Gasteiger partial charge in [0.1, 0.15) is 0 Å². The van der Waals surface area contributed by atoms with Crippen LogP contribution in [0.2, 0.25) is 0 Å². The summed E-state index contributed by atoms with van der Waals surface area (Å²) < 4.78 is 0. The lowest BCUT2D eigenvalue weighted by Gasteiger charge is -2.26. The van der Waals surface area contributed by atoms with Gasteiger partial charge in [0.05, 0.1) is 0 Å². The van der Waals surface area contributed by atoms with Crippen molar-refractivity contribution < 1.29 is 4.79 Å². The van der Waals surface area contributed by atoms with Crippen LogP contribution in [0.15, 0.2) is 0 Å². The van der Waals surface area contributed by atoms with Crippen LogP contribution in [0.3, 0.4) is 0 Å². The molecule has 0 bridgehead atoms. The highest BCUT2D eigenvalue weighted by atomic mass is 35.5. The van der Waals surface area contributed by atoms with Gasteiger partial charge in [0.25, 0.3) is 0 Å². The third kappa shape index (κ3) is 2.63. The van der Waals surface area contributed by atoms with E-state index < -0.39 is 0 Å². The number of rotatable bonds is 4. The van der Waals surface area contributed by atoms with Gasteiger partial charge in [-0.05, 0) is 26.2 Å². The van der Waals surface area contributed by atoms with Gasteiger partial charge < -0.3 is 5.32 Å². The summed E-state index contributed by atoms with van der Waals surface area (Å²) in [6.45, 7) is 4.59. The first-order valence-corrected chi connectivity index (χ1v) is 5.97. The molecule has 1 N–H and O–H groups in total. The van der Waals surface area contributed by atoms with E-state index in [-0.39, 0.29) is 16.7 Å². The average molecular weight is 218 g/mol. The summed E-state index contributed by atoms with van der Waals surface area (Å²) >= 11 is 5.80. The van der Waals surface area contributed by atoms with Crippen LogP contribution in [0.25, 0.3) is 0 Å². The first kappa shape index (κ1) is 11.8. The predicted octanol–water partition coefficient (Wildman–Crippen LogP) is 2.70. The molecule has 0 aromatic rings. The molecule has 1 aliphatic carbocycles. The van der Waals surface area contributed by atoms with Crippen molar-refractivity contribution in [2.75, 3.05) is 6.54 Å². The van der Waals surface area contributed by atoms with Crippen LogP contribution < -0.4 is 5.32 Å². The van der Waals surface area contributed by atoms with Crippen molar-refractivity contribution in [2.24, 2.45) is 5.41 Å². The molecule has 3 heteroatoms. The van der Waals surface area contributed by atoms with E-state index in [1.165, 1.54) is 12.8 Å². The maximum Gasteiger partial charge on any atom is 0.226 e. The van der Waals surface area contributed by atoms with Gasteiger partial charge in [-0.1, -0.05) is 19.8 Å². The Morgan fingerprint density at radius 1 is 1.50 bits per heavy atom. The van der Waals surface area contributed by atoms with Crippen molar-refractivity contribution in [3.8, 4) is 0 Å². The van der Waals surface area contributed by atoms with Crippen molar-refractivity contribution in [1.29, 1.82) is 0 Å². The van der Waals surface area contributed by atoms with Crippen LogP contribution in [0.5, 0.6) is 0 Å². The third-order valence-electron chi connectivity index (χ3n) is 3.26. The van der Waals surface area contributed by atoms with Crippen molar-refractivity contribution in [3.63, 3.8) is 0 Å². The lowest BCUT2D eigenvalue weighted by molar-refractivity contribution is -0.131. The molecular formula is C11H20ClNO. The Balaban J connectivity index is 2.48. The quantitative estimate of drug-likeness (QED) is 0.721. The predicted molar refractivity (Wildman–Crippen MR) is 59.5 cm³/mol. The van der Waals surface area contributed by atoms with Crippen LogP contribution in [-0.4, -0.2) is 17.8 Å². The van der Waals surface area contributed by atoms with Crippen LogP contribution in [0.1, 0.15) is 46.0 Å². The summed E-state index contributed by atoms with van der Waals surface area (Å²) in [6.07, 6.45) is 5.43. The Kier molecular flexibility index (Phi) is 4.24. The molecule has 0 aromatic carbocycles. The Bertz CT molecular complexity index is 197. The van der Waals surface area contributed by atoms with Gasteiger partial charge in [0, 0.05) is 17.3 Å². The number of nitrogens with one attached hydrogen (secondary N) is 1. The van der Waals surface area contributed by atoms with Crippen molar-refractivity contribution >= 4 is 17.5 Å². The van der Waals surface area contributed by atoms with Gasteiger partial charge in [-0.25, -0.2) is 0 Å². The van der Waals surface area contributed by atoms with E-state index >= 15 is 0 Å². The molecule has 0 aromatic heterocycles. The van der Waals surface area contributed by atoms with Gasteiger partial charge in [-0.15, -0.1) is 11.6 Å². The highest BCUT2D eigenvalue weighted by Gasteiger charge is 2.38. The number of hydrogen-bond donors (Lipinski definition) is 1. The van der Waals surface area contributed by atoms with E-state index in [0.29, 0.717) is 6.54 Å². The van der Waals surface area contributed by atoms with Crippen molar-refractivity contribution in [2.45, 2.75) is 51.3 Å². The molecule has 1 fully saturated rings. The van der Waals surface area contributed by atoms with Crippen molar-refractivity contribution in [3.05, 3.63) is 0 Å². The SMILES string of the molecule is CCC1(C(=O)NCC(C)Cl)CCCC1. The van der Waals surface area contributed by atoms with Gasteiger partial charge >= 0.3 is 0 Å². The lowest BCUT2D eigenvalue weighted by Crippen LogP contribution is -2.40. The second-order valence-corrected chi connectivity index (χ2v) is 5.08. The zero-order valence-electron chi connectivity index (χ0n) is 9.11. The third-order valence-corrected chi connectivity index (χ3v) is 3.42. The largest absolute Gasteiger partial charge is 0.354 e. The molecule has 82 valence electrons. The summed E-state index contributed by atoms with van der Waals surface area (Å²) in [5.74, 6) is 0.213. The van der Waals surface area contributed by atoms with Gasteiger partial charge in [0.2, 0.25) is 5.91 Å². The van der Waals surface area contributed by atoms with Gasteiger partial charge in [0.15, 0.2) is 0 Å². The van der Waals surface area contributed by atoms with Crippen molar-refractivity contribution in [1.82, 2.24) is 5.32 Å². The van der Waals surface area contributed by atoms with Gasteiger partial charge in [-0.2, -0.15) is 0 Å². The normalized spacial score (nSPS) is 21.9. The molecule has 0 heterocycles. The fourth-order valence-corrected chi connectivity index (χ4v) is 2.29. The zero-order valence-corrected chi connectivity index (χ0v) is 9.86. The highest BCUT2D eigenvalue weighted by Crippen LogP contribution is 2.40. The molecule has 0 spiro atoms. The number of alkyl halides is 1. The molecule has 1 atom stereocenters. The van der Waals surface area contributed by atoms with E-state index in [1.54, 1.807) is 0 Å². The van der Waals surface area contributed by atoms with E-state index in [0.717, 1.165) is 19.3 Å². The summed E-state index contributed by atoms with van der Waals surface area (Å²) in [7, 11) is 0. The van der Waals surface area contributed by atoms with Crippen LogP contribution in [-0.2, 0) is 4.79 Å². The molecule has 1 saturated carbocycles. The van der Waals surface area contributed by atoms with E-state index in [9.17, 15) is 4.79 Å². The second kappa shape index (κ2) is 5.01. The smallest absolute Gasteiger partial charge is 0.226 e. The van der Waals surface area contributed by atoms with Crippen LogP contribution in [0, 0.1) is 5.41 Å². The number of halogens is 1. The Hall–Kier alpha value is -0.240. The maximum absolute atomic E-state index is 11.9. The number of hydrogen-bond acceptors (Lipinski definition) is 1. The Labute approximate surface area is 91.4 Å². The second-order valence-electron chi connectivity index (χ2n) is 4.33. The van der Waals surface area contributed by atoms with Crippen LogP contribution in [0.4, 0.5) is 0 Å². The minimum Gasteiger partial charge on any atom is -0.354 e. The summed E-state index contributed by atoms with van der Waals surface area (Å²) in [4.78, 5) is 11.9. The molecule has 1 aliphatic rings. The number of carbonyl (C=O) groups excluding carboxylic acids is 1. The zero-order chi connectivity index (χ0) is 10.6. The fraction of sp³-hybridized carbons (Fsp3) is 0.909. The Morgan fingerprint density at radius 2 is 2.07 bits per heavy atom. The number of carbonyl (C=O) groups is 1. The average Bonchev–Trinajstić information content (AvgIpc) is 2.63.